The smallest absolute Gasteiger partial charge is 0.142 e. The zero-order chi connectivity index (χ0) is 13.1. The minimum atomic E-state index is -0.415. The van der Waals surface area contributed by atoms with Crippen LogP contribution in [0.15, 0.2) is 18.2 Å². The van der Waals surface area contributed by atoms with Gasteiger partial charge in [-0.3, -0.25) is 0 Å². The van der Waals surface area contributed by atoms with Crippen LogP contribution in [0.3, 0.4) is 0 Å². The number of benzene rings is 1. The average Bonchev–Trinajstić information content (AvgIpc) is 2.28. The molecule has 0 bridgehead atoms. The van der Waals surface area contributed by atoms with Gasteiger partial charge in [-0.1, -0.05) is 11.6 Å². The lowest BCUT2D eigenvalue weighted by atomic mass is 9.95. The molecule has 0 spiro atoms. The monoisotopic (exact) mass is 252 g/mol. The molecule has 1 rings (SSSR count). The van der Waals surface area contributed by atoms with Gasteiger partial charge < -0.3 is 9.64 Å². The lowest BCUT2D eigenvalue weighted by molar-refractivity contribution is 0.412. The van der Waals surface area contributed by atoms with Crippen LogP contribution in [0.4, 0.5) is 5.69 Å². The molecule has 0 aliphatic rings. The number of methoxy groups -OCH3 is 1. The second-order valence-electron chi connectivity index (χ2n) is 4.67. The number of hydrogen-bond donors (Lipinski definition) is 0. The molecule has 0 aliphatic carbocycles. The predicted molar refractivity (Wildman–Crippen MR) is 70.7 cm³/mol. The van der Waals surface area contributed by atoms with Gasteiger partial charge in [-0.2, -0.15) is 5.26 Å². The minimum absolute atomic E-state index is 0.415. The number of halogens is 1. The van der Waals surface area contributed by atoms with Crippen LogP contribution in [0, 0.1) is 16.7 Å². The van der Waals surface area contributed by atoms with Crippen molar-refractivity contribution in [2.75, 3.05) is 25.6 Å². The maximum Gasteiger partial charge on any atom is 0.142 e. The lowest BCUT2D eigenvalue weighted by Gasteiger charge is -2.27. The molecule has 0 aliphatic heterocycles. The first-order valence-electron chi connectivity index (χ1n) is 5.35. The molecule has 0 atom stereocenters. The van der Waals surface area contributed by atoms with Gasteiger partial charge in [-0.15, -0.1) is 0 Å². The maximum absolute atomic E-state index is 9.04. The van der Waals surface area contributed by atoms with Gasteiger partial charge in [0.15, 0.2) is 0 Å². The summed E-state index contributed by atoms with van der Waals surface area (Å²) < 4.78 is 5.29. The molecule has 92 valence electrons. The molecular formula is C13H17ClN2O. The Morgan fingerprint density at radius 2 is 2.12 bits per heavy atom. The number of anilines is 1. The van der Waals surface area contributed by atoms with E-state index in [0.29, 0.717) is 11.6 Å². The fourth-order valence-electron chi connectivity index (χ4n) is 1.67. The van der Waals surface area contributed by atoms with Crippen LogP contribution in [0.5, 0.6) is 5.75 Å². The van der Waals surface area contributed by atoms with E-state index in [1.165, 1.54) is 0 Å². The van der Waals surface area contributed by atoms with E-state index in [0.717, 1.165) is 11.4 Å². The number of ether oxygens (including phenoxy) is 1. The van der Waals surface area contributed by atoms with E-state index in [-0.39, 0.29) is 0 Å². The average molecular weight is 253 g/mol. The quantitative estimate of drug-likeness (QED) is 0.825. The third-order valence-corrected chi connectivity index (χ3v) is 2.72. The fraction of sp³-hybridized carbons (Fsp3) is 0.462. The SMILES string of the molecule is COc1ccc(Cl)cc1N(C)CC(C)(C)C#N. The first-order valence-corrected chi connectivity index (χ1v) is 5.73. The van der Waals surface area contributed by atoms with Crippen LogP contribution in [-0.4, -0.2) is 20.7 Å². The Labute approximate surface area is 108 Å². The molecule has 17 heavy (non-hydrogen) atoms. The van der Waals surface area contributed by atoms with Crippen LogP contribution < -0.4 is 9.64 Å². The fourth-order valence-corrected chi connectivity index (χ4v) is 1.84. The Kier molecular flexibility index (Phi) is 4.25. The highest BCUT2D eigenvalue weighted by atomic mass is 35.5. The van der Waals surface area contributed by atoms with Crippen molar-refractivity contribution in [3.63, 3.8) is 0 Å². The number of hydrogen-bond acceptors (Lipinski definition) is 3. The molecule has 0 saturated heterocycles. The molecule has 0 saturated carbocycles. The van der Waals surface area contributed by atoms with Gasteiger partial charge in [-0.05, 0) is 32.0 Å². The minimum Gasteiger partial charge on any atom is -0.495 e. The van der Waals surface area contributed by atoms with Crippen molar-refractivity contribution in [2.24, 2.45) is 5.41 Å². The summed E-state index contributed by atoms with van der Waals surface area (Å²) in [4.78, 5) is 1.98. The standard InChI is InChI=1S/C13H17ClN2O/c1-13(2,8-15)9-16(3)11-7-10(14)5-6-12(11)17-4/h5-7H,9H2,1-4H3. The first kappa shape index (κ1) is 13.7. The summed E-state index contributed by atoms with van der Waals surface area (Å²) in [6, 6.07) is 7.73. The van der Waals surface area contributed by atoms with E-state index in [4.69, 9.17) is 21.6 Å². The van der Waals surface area contributed by atoms with Crippen LogP contribution >= 0.6 is 11.6 Å². The molecular weight excluding hydrogens is 236 g/mol. The van der Waals surface area contributed by atoms with E-state index >= 15 is 0 Å². The van der Waals surface area contributed by atoms with Crippen molar-refractivity contribution < 1.29 is 4.74 Å². The van der Waals surface area contributed by atoms with Crippen molar-refractivity contribution in [1.82, 2.24) is 0 Å². The Morgan fingerprint density at radius 1 is 1.47 bits per heavy atom. The number of rotatable bonds is 4. The van der Waals surface area contributed by atoms with Gasteiger partial charge in [0.1, 0.15) is 5.75 Å². The van der Waals surface area contributed by atoms with E-state index in [1.807, 2.05) is 37.9 Å². The van der Waals surface area contributed by atoms with Crippen molar-refractivity contribution in [1.29, 1.82) is 5.26 Å². The number of nitriles is 1. The second-order valence-corrected chi connectivity index (χ2v) is 5.10. The molecule has 0 unspecified atom stereocenters. The Hall–Kier alpha value is -1.40. The highest BCUT2D eigenvalue weighted by molar-refractivity contribution is 6.30. The summed E-state index contributed by atoms with van der Waals surface area (Å²) in [5.41, 5.74) is 0.477. The topological polar surface area (TPSA) is 36.3 Å². The summed E-state index contributed by atoms with van der Waals surface area (Å²) in [6.07, 6.45) is 0. The summed E-state index contributed by atoms with van der Waals surface area (Å²) in [5.74, 6) is 0.755. The zero-order valence-electron chi connectivity index (χ0n) is 10.6. The van der Waals surface area contributed by atoms with E-state index < -0.39 is 5.41 Å². The molecule has 0 heterocycles. The molecule has 0 N–H and O–H groups in total. The first-order chi connectivity index (χ1) is 7.89. The Balaban J connectivity index is 3.00. The largest absolute Gasteiger partial charge is 0.495 e. The van der Waals surface area contributed by atoms with Crippen LogP contribution in [-0.2, 0) is 0 Å². The third kappa shape index (κ3) is 3.54. The van der Waals surface area contributed by atoms with Gasteiger partial charge in [0.25, 0.3) is 0 Å². The van der Waals surface area contributed by atoms with E-state index in [2.05, 4.69) is 6.07 Å². The van der Waals surface area contributed by atoms with Crippen LogP contribution in [0.25, 0.3) is 0 Å². The molecule has 0 amide bonds. The van der Waals surface area contributed by atoms with Crippen molar-refractivity contribution in [3.05, 3.63) is 23.2 Å². The predicted octanol–water partition coefficient (Wildman–Crippen LogP) is 3.33. The Bertz CT molecular complexity index is 438. The van der Waals surface area contributed by atoms with E-state index in [1.54, 1.807) is 13.2 Å². The van der Waals surface area contributed by atoms with Gasteiger partial charge in [-0.25, -0.2) is 0 Å². The molecule has 0 radical (unpaired) electrons. The lowest BCUT2D eigenvalue weighted by Crippen LogP contribution is -2.30. The van der Waals surface area contributed by atoms with E-state index in [9.17, 15) is 0 Å². The molecule has 1 aromatic rings. The van der Waals surface area contributed by atoms with Gasteiger partial charge in [0.05, 0.1) is 24.3 Å². The molecule has 0 fully saturated rings. The van der Waals surface area contributed by atoms with Crippen molar-refractivity contribution in [2.45, 2.75) is 13.8 Å². The molecule has 1 aromatic carbocycles. The molecule has 3 nitrogen and oxygen atoms in total. The maximum atomic E-state index is 9.04. The van der Waals surface area contributed by atoms with Crippen LogP contribution in [0.1, 0.15) is 13.8 Å². The van der Waals surface area contributed by atoms with Crippen LogP contribution in [0.2, 0.25) is 5.02 Å². The van der Waals surface area contributed by atoms with Gasteiger partial charge >= 0.3 is 0 Å². The van der Waals surface area contributed by atoms with Crippen molar-refractivity contribution >= 4 is 17.3 Å². The Morgan fingerprint density at radius 3 is 2.65 bits per heavy atom. The normalized spacial score (nSPS) is 10.8. The van der Waals surface area contributed by atoms with Crippen molar-refractivity contribution in [3.8, 4) is 11.8 Å². The second kappa shape index (κ2) is 5.29. The summed E-state index contributed by atoms with van der Waals surface area (Å²) in [7, 11) is 3.54. The van der Waals surface area contributed by atoms with Gasteiger partial charge in [0.2, 0.25) is 0 Å². The summed E-state index contributed by atoms with van der Waals surface area (Å²) in [6.45, 7) is 4.42. The highest BCUT2D eigenvalue weighted by Crippen LogP contribution is 2.32. The number of nitrogens with zero attached hydrogens (tertiary/aromatic N) is 2. The van der Waals surface area contributed by atoms with Gasteiger partial charge in [0, 0.05) is 18.6 Å². The zero-order valence-corrected chi connectivity index (χ0v) is 11.4. The summed E-state index contributed by atoms with van der Waals surface area (Å²) >= 11 is 5.98. The summed E-state index contributed by atoms with van der Waals surface area (Å²) in [5, 5.41) is 9.69. The molecule has 0 aromatic heterocycles. The highest BCUT2D eigenvalue weighted by Gasteiger charge is 2.21. The third-order valence-electron chi connectivity index (χ3n) is 2.49. The molecule has 4 heteroatoms.